The fraction of sp³-hybridized carbons (Fsp3) is 0.864. The molecular formula is C22H43N5O4. The summed E-state index contributed by atoms with van der Waals surface area (Å²) in [5.41, 5.74) is -1.56. The van der Waals surface area contributed by atoms with Crippen LogP contribution >= 0.6 is 0 Å². The van der Waals surface area contributed by atoms with Crippen molar-refractivity contribution in [3.05, 3.63) is 0 Å². The van der Waals surface area contributed by atoms with E-state index >= 15 is 0 Å². The summed E-state index contributed by atoms with van der Waals surface area (Å²) >= 11 is 0. The smallest absolute Gasteiger partial charge is 0.410 e. The Hall–Kier alpha value is -2.19. The van der Waals surface area contributed by atoms with Crippen LogP contribution in [0.15, 0.2) is 4.99 Å². The third-order valence-electron chi connectivity index (χ3n) is 4.49. The number of amides is 2. The highest BCUT2D eigenvalue weighted by Gasteiger charge is 2.28. The van der Waals surface area contributed by atoms with Gasteiger partial charge in [0.25, 0.3) is 0 Å². The number of guanidine groups is 1. The van der Waals surface area contributed by atoms with Crippen molar-refractivity contribution in [1.82, 2.24) is 20.9 Å². The van der Waals surface area contributed by atoms with Crippen LogP contribution in [0.5, 0.6) is 0 Å². The summed E-state index contributed by atoms with van der Waals surface area (Å²) < 4.78 is 10.8. The molecule has 0 aromatic heterocycles. The normalized spacial score (nSPS) is 18.3. The lowest BCUT2D eigenvalue weighted by Gasteiger charge is -2.34. The predicted molar refractivity (Wildman–Crippen MR) is 123 cm³/mol. The topological polar surface area (TPSA) is 104 Å². The molecule has 180 valence electrons. The summed E-state index contributed by atoms with van der Waals surface area (Å²) in [4.78, 5) is 30.4. The van der Waals surface area contributed by atoms with Crippen molar-refractivity contribution < 1.29 is 19.1 Å². The van der Waals surface area contributed by atoms with Gasteiger partial charge in [-0.1, -0.05) is 0 Å². The average Bonchev–Trinajstić information content (AvgIpc) is 2.58. The molecule has 0 spiro atoms. The summed E-state index contributed by atoms with van der Waals surface area (Å²) in [7, 11) is 1.71. The van der Waals surface area contributed by atoms with Crippen LogP contribution in [0.2, 0.25) is 0 Å². The first-order valence-electron chi connectivity index (χ1n) is 11.0. The molecular weight excluding hydrogens is 398 g/mol. The minimum Gasteiger partial charge on any atom is -0.444 e. The molecule has 0 aliphatic carbocycles. The van der Waals surface area contributed by atoms with Gasteiger partial charge in [-0.2, -0.15) is 0 Å². The van der Waals surface area contributed by atoms with Crippen molar-refractivity contribution >= 4 is 18.1 Å². The van der Waals surface area contributed by atoms with E-state index < -0.39 is 22.8 Å². The molecule has 1 saturated heterocycles. The molecule has 0 saturated carbocycles. The maximum absolute atomic E-state index is 12.3. The number of likely N-dealkylation sites (tertiary alicyclic amines) is 1. The summed E-state index contributed by atoms with van der Waals surface area (Å²) in [6, 6.07) is 0. The monoisotopic (exact) mass is 441 g/mol. The molecule has 1 aliphatic heterocycles. The van der Waals surface area contributed by atoms with Crippen molar-refractivity contribution in [2.24, 2.45) is 10.9 Å². The van der Waals surface area contributed by atoms with Gasteiger partial charge in [0.15, 0.2) is 5.96 Å². The lowest BCUT2D eigenvalue weighted by molar-refractivity contribution is 0.0168. The molecule has 1 heterocycles. The number of hydrogen-bond acceptors (Lipinski definition) is 5. The van der Waals surface area contributed by atoms with Crippen LogP contribution in [0.25, 0.3) is 0 Å². The van der Waals surface area contributed by atoms with Crippen LogP contribution in [0.4, 0.5) is 9.59 Å². The van der Waals surface area contributed by atoms with Gasteiger partial charge in [0.1, 0.15) is 11.2 Å². The molecule has 0 aromatic carbocycles. The van der Waals surface area contributed by atoms with Crippen molar-refractivity contribution in [3.8, 4) is 0 Å². The van der Waals surface area contributed by atoms with Crippen molar-refractivity contribution in [3.63, 3.8) is 0 Å². The lowest BCUT2D eigenvalue weighted by Crippen LogP contribution is -2.54. The highest BCUT2D eigenvalue weighted by molar-refractivity contribution is 5.79. The second-order valence-corrected chi connectivity index (χ2v) is 10.8. The molecule has 2 amide bonds. The Labute approximate surface area is 187 Å². The summed E-state index contributed by atoms with van der Waals surface area (Å²) in [5, 5.41) is 9.44. The van der Waals surface area contributed by atoms with E-state index in [1.807, 2.05) is 55.4 Å². The molecule has 0 bridgehead atoms. The summed E-state index contributed by atoms with van der Waals surface area (Å²) in [5.74, 6) is 0.959. The number of piperidine rings is 1. The minimum atomic E-state index is -0.543. The molecule has 1 atom stereocenters. The van der Waals surface area contributed by atoms with E-state index in [0.717, 1.165) is 19.4 Å². The molecule has 1 fully saturated rings. The first-order chi connectivity index (χ1) is 14.1. The quantitative estimate of drug-likeness (QED) is 0.447. The third kappa shape index (κ3) is 11.7. The van der Waals surface area contributed by atoms with Crippen molar-refractivity contribution in [2.75, 3.05) is 33.2 Å². The van der Waals surface area contributed by atoms with E-state index in [1.54, 1.807) is 11.9 Å². The SMILES string of the molecule is CN=C(NCC1CCCN(C(=O)OC(C)(C)C)C1)NCC(C)(C)NC(=O)OC(C)(C)C. The highest BCUT2D eigenvalue weighted by atomic mass is 16.6. The van der Waals surface area contributed by atoms with E-state index in [-0.39, 0.29) is 6.09 Å². The van der Waals surface area contributed by atoms with Gasteiger partial charge in [-0.05, 0) is 74.1 Å². The molecule has 1 rings (SSSR count). The molecule has 0 aromatic rings. The zero-order valence-electron chi connectivity index (χ0n) is 20.8. The molecule has 1 aliphatic rings. The van der Waals surface area contributed by atoms with Gasteiger partial charge in [-0.25, -0.2) is 9.59 Å². The predicted octanol–water partition coefficient (Wildman–Crippen LogP) is 3.10. The molecule has 1 unspecified atom stereocenters. The number of hydrogen-bond donors (Lipinski definition) is 3. The largest absolute Gasteiger partial charge is 0.444 e. The van der Waals surface area contributed by atoms with Gasteiger partial charge in [0, 0.05) is 33.2 Å². The Morgan fingerprint density at radius 2 is 1.61 bits per heavy atom. The zero-order chi connectivity index (χ0) is 23.9. The van der Waals surface area contributed by atoms with Gasteiger partial charge >= 0.3 is 12.2 Å². The van der Waals surface area contributed by atoms with Gasteiger partial charge in [0.2, 0.25) is 0 Å². The van der Waals surface area contributed by atoms with Crippen LogP contribution in [-0.4, -0.2) is 73.0 Å². The summed E-state index contributed by atoms with van der Waals surface area (Å²) in [6.45, 7) is 17.5. The first kappa shape index (κ1) is 26.8. The number of carbonyl (C=O) groups excluding carboxylic acids is 2. The van der Waals surface area contributed by atoms with E-state index in [9.17, 15) is 9.59 Å². The lowest BCUT2D eigenvalue weighted by atomic mass is 9.98. The number of nitrogens with zero attached hydrogens (tertiary/aromatic N) is 2. The van der Waals surface area contributed by atoms with E-state index in [1.165, 1.54) is 0 Å². The fourth-order valence-electron chi connectivity index (χ4n) is 3.11. The van der Waals surface area contributed by atoms with Crippen LogP contribution in [0.3, 0.4) is 0 Å². The van der Waals surface area contributed by atoms with Crippen LogP contribution in [-0.2, 0) is 9.47 Å². The number of carbonyl (C=O) groups is 2. The van der Waals surface area contributed by atoms with E-state index in [0.29, 0.717) is 31.5 Å². The second kappa shape index (κ2) is 10.9. The van der Waals surface area contributed by atoms with Crippen LogP contribution in [0, 0.1) is 5.92 Å². The maximum atomic E-state index is 12.3. The maximum Gasteiger partial charge on any atom is 0.410 e. The van der Waals surface area contributed by atoms with Gasteiger partial charge in [0.05, 0.1) is 5.54 Å². The standard InChI is InChI=1S/C22H43N5O4/c1-20(2,3)30-18(28)26-22(7,8)15-25-17(23-9)24-13-16-11-10-12-27(14-16)19(29)31-21(4,5)6/h16H,10-15H2,1-9H3,(H,26,28)(H2,23,24,25). The Balaban J connectivity index is 2.47. The minimum absolute atomic E-state index is 0.255. The number of nitrogens with one attached hydrogen (secondary N) is 3. The van der Waals surface area contributed by atoms with Gasteiger partial charge in [-0.3, -0.25) is 4.99 Å². The Morgan fingerprint density at radius 1 is 1.00 bits per heavy atom. The van der Waals surface area contributed by atoms with E-state index in [4.69, 9.17) is 9.47 Å². The van der Waals surface area contributed by atoms with Crippen LogP contribution < -0.4 is 16.0 Å². The molecule has 31 heavy (non-hydrogen) atoms. The van der Waals surface area contributed by atoms with Crippen LogP contribution in [0.1, 0.15) is 68.2 Å². The second-order valence-electron chi connectivity index (χ2n) is 10.8. The molecule has 3 N–H and O–H groups in total. The number of aliphatic imine (C=N–C) groups is 1. The first-order valence-corrected chi connectivity index (χ1v) is 11.0. The van der Waals surface area contributed by atoms with Gasteiger partial charge in [-0.15, -0.1) is 0 Å². The van der Waals surface area contributed by atoms with Gasteiger partial charge < -0.3 is 30.3 Å². The number of rotatable bonds is 5. The summed E-state index contributed by atoms with van der Waals surface area (Å²) in [6.07, 6.45) is 1.28. The average molecular weight is 442 g/mol. The third-order valence-corrected chi connectivity index (χ3v) is 4.49. The Bertz CT molecular complexity index is 635. The molecule has 0 radical (unpaired) electrons. The molecule has 9 nitrogen and oxygen atoms in total. The Morgan fingerprint density at radius 3 is 2.16 bits per heavy atom. The molecule has 9 heteroatoms. The zero-order valence-corrected chi connectivity index (χ0v) is 20.8. The van der Waals surface area contributed by atoms with E-state index in [2.05, 4.69) is 20.9 Å². The highest BCUT2D eigenvalue weighted by Crippen LogP contribution is 2.19. The number of alkyl carbamates (subject to hydrolysis) is 1. The fourth-order valence-corrected chi connectivity index (χ4v) is 3.11. The van der Waals surface area contributed by atoms with Crippen molar-refractivity contribution in [1.29, 1.82) is 0 Å². The Kier molecular flexibility index (Phi) is 9.44. The number of ether oxygens (including phenoxy) is 2. The van der Waals surface area contributed by atoms with Crippen molar-refractivity contribution in [2.45, 2.75) is 85.0 Å².